The molecule has 6 nitrogen and oxygen atoms in total. The Morgan fingerprint density at radius 2 is 1.88 bits per heavy atom. The van der Waals surface area contributed by atoms with Crippen molar-refractivity contribution in [3.05, 3.63) is 59.9 Å². The van der Waals surface area contributed by atoms with Gasteiger partial charge in [-0.15, -0.1) is 0 Å². The first-order valence-corrected chi connectivity index (χ1v) is 7.20. The van der Waals surface area contributed by atoms with Gasteiger partial charge in [-0.3, -0.25) is 4.79 Å². The number of rotatable bonds is 4. The Balaban J connectivity index is 1.73. The number of esters is 1. The summed E-state index contributed by atoms with van der Waals surface area (Å²) < 4.78 is 10.1. The number of phenolic OH excluding ortho intramolecular Hbond substituents is 1. The first kappa shape index (κ1) is 15.5. The van der Waals surface area contributed by atoms with Gasteiger partial charge < -0.3 is 14.4 Å². The first-order valence-electron chi connectivity index (χ1n) is 7.20. The number of hydrogen-bond acceptors (Lipinski definition) is 6. The fraction of sp³-hybridized carbons (Fsp3) is 0.0556. The van der Waals surface area contributed by atoms with E-state index in [2.05, 4.69) is 10.1 Å². The van der Waals surface area contributed by atoms with Crippen LogP contribution in [0, 0.1) is 0 Å². The summed E-state index contributed by atoms with van der Waals surface area (Å²) in [5.41, 5.74) is 1.37. The molecule has 3 aromatic rings. The number of para-hydroxylation sites is 1. The number of aromatic hydroxyl groups is 1. The molecule has 1 N–H and O–H groups in total. The molecule has 24 heavy (non-hydrogen) atoms. The normalized spacial score (nSPS) is 10.9. The third-order valence-corrected chi connectivity index (χ3v) is 3.14. The highest BCUT2D eigenvalue weighted by atomic mass is 16.5. The van der Waals surface area contributed by atoms with Crippen LogP contribution >= 0.6 is 0 Å². The van der Waals surface area contributed by atoms with Gasteiger partial charge in [-0.05, 0) is 35.9 Å². The van der Waals surface area contributed by atoms with E-state index in [0.717, 1.165) is 5.56 Å². The smallest absolute Gasteiger partial charge is 0.308 e. The molecule has 0 unspecified atom stereocenters. The van der Waals surface area contributed by atoms with Crippen molar-refractivity contribution in [3.8, 4) is 23.0 Å². The van der Waals surface area contributed by atoms with E-state index in [0.29, 0.717) is 17.1 Å². The fourth-order valence-corrected chi connectivity index (χ4v) is 2.05. The van der Waals surface area contributed by atoms with Gasteiger partial charge in [0.1, 0.15) is 11.5 Å². The van der Waals surface area contributed by atoms with Gasteiger partial charge in [-0.1, -0.05) is 35.5 Å². The van der Waals surface area contributed by atoms with Gasteiger partial charge in [0.15, 0.2) is 5.82 Å². The predicted molar refractivity (Wildman–Crippen MR) is 88.1 cm³/mol. The number of phenols is 1. The van der Waals surface area contributed by atoms with Crippen molar-refractivity contribution in [2.24, 2.45) is 0 Å². The van der Waals surface area contributed by atoms with Gasteiger partial charge in [-0.25, -0.2) is 0 Å². The SMILES string of the molecule is CC(=O)Oc1ccc(/C=C/c2noc(-c3ccccc3O)n2)cc1. The summed E-state index contributed by atoms with van der Waals surface area (Å²) in [7, 11) is 0. The van der Waals surface area contributed by atoms with Crippen molar-refractivity contribution < 1.29 is 19.2 Å². The van der Waals surface area contributed by atoms with E-state index in [1.807, 2.05) is 0 Å². The lowest BCUT2D eigenvalue weighted by molar-refractivity contribution is -0.131. The Hall–Kier alpha value is -3.41. The average Bonchev–Trinajstić information content (AvgIpc) is 3.03. The molecule has 0 aliphatic heterocycles. The van der Waals surface area contributed by atoms with Crippen LogP contribution in [0.5, 0.6) is 11.5 Å². The van der Waals surface area contributed by atoms with E-state index in [4.69, 9.17) is 9.26 Å². The average molecular weight is 322 g/mol. The molecule has 3 rings (SSSR count). The molecule has 0 spiro atoms. The Morgan fingerprint density at radius 1 is 1.12 bits per heavy atom. The summed E-state index contributed by atoms with van der Waals surface area (Å²) in [5, 5.41) is 13.6. The van der Waals surface area contributed by atoms with Gasteiger partial charge in [0, 0.05) is 6.92 Å². The Kier molecular flexibility index (Phi) is 4.38. The maximum Gasteiger partial charge on any atom is 0.308 e. The van der Waals surface area contributed by atoms with Gasteiger partial charge in [0.2, 0.25) is 0 Å². The third-order valence-electron chi connectivity index (χ3n) is 3.14. The molecule has 0 saturated heterocycles. The van der Waals surface area contributed by atoms with Crippen LogP contribution in [0.4, 0.5) is 0 Å². The maximum absolute atomic E-state index is 10.9. The van der Waals surface area contributed by atoms with Crippen molar-refractivity contribution in [1.82, 2.24) is 10.1 Å². The molecule has 0 saturated carbocycles. The minimum atomic E-state index is -0.359. The highest BCUT2D eigenvalue weighted by Crippen LogP contribution is 2.27. The van der Waals surface area contributed by atoms with Crippen LogP contribution in [0.25, 0.3) is 23.6 Å². The molecule has 0 amide bonds. The van der Waals surface area contributed by atoms with Gasteiger partial charge in [0.05, 0.1) is 5.56 Å². The number of carbonyl (C=O) groups is 1. The lowest BCUT2D eigenvalue weighted by Crippen LogP contribution is -2.00. The standard InChI is InChI=1S/C18H14N2O4/c1-12(21)23-14-9-6-13(7-10-14)8-11-17-19-18(24-20-17)15-4-2-3-5-16(15)22/h2-11,22H,1H3/b11-8+. The minimum Gasteiger partial charge on any atom is -0.507 e. The third kappa shape index (κ3) is 3.67. The summed E-state index contributed by atoms with van der Waals surface area (Å²) in [4.78, 5) is 15.1. The van der Waals surface area contributed by atoms with Crippen LogP contribution in [0.3, 0.4) is 0 Å². The van der Waals surface area contributed by atoms with Crippen LogP contribution in [0.1, 0.15) is 18.3 Å². The highest BCUT2D eigenvalue weighted by Gasteiger charge is 2.10. The molecular weight excluding hydrogens is 308 g/mol. The highest BCUT2D eigenvalue weighted by molar-refractivity contribution is 5.71. The van der Waals surface area contributed by atoms with Crippen LogP contribution in [0.2, 0.25) is 0 Å². The lowest BCUT2D eigenvalue weighted by Gasteiger charge is -2.00. The zero-order valence-corrected chi connectivity index (χ0v) is 12.8. The molecule has 0 atom stereocenters. The van der Waals surface area contributed by atoms with Crippen molar-refractivity contribution in [3.63, 3.8) is 0 Å². The monoisotopic (exact) mass is 322 g/mol. The first-order chi connectivity index (χ1) is 11.6. The van der Waals surface area contributed by atoms with Crippen molar-refractivity contribution in [1.29, 1.82) is 0 Å². The number of aromatic nitrogens is 2. The van der Waals surface area contributed by atoms with Crippen molar-refractivity contribution in [2.75, 3.05) is 0 Å². The number of hydrogen-bond donors (Lipinski definition) is 1. The van der Waals surface area contributed by atoms with E-state index >= 15 is 0 Å². The summed E-state index contributed by atoms with van der Waals surface area (Å²) in [6.07, 6.45) is 3.49. The second-order valence-electron chi connectivity index (χ2n) is 4.97. The molecule has 0 bridgehead atoms. The number of ether oxygens (including phenoxy) is 1. The number of nitrogens with zero attached hydrogens (tertiary/aromatic N) is 2. The molecule has 0 aliphatic carbocycles. The molecule has 0 fully saturated rings. The number of benzene rings is 2. The Labute approximate surface area is 138 Å². The van der Waals surface area contributed by atoms with Crippen LogP contribution in [-0.2, 0) is 4.79 Å². The lowest BCUT2D eigenvalue weighted by atomic mass is 10.2. The Bertz CT molecular complexity index is 882. The van der Waals surface area contributed by atoms with Crippen molar-refractivity contribution in [2.45, 2.75) is 6.92 Å². The van der Waals surface area contributed by atoms with E-state index < -0.39 is 0 Å². The molecular formula is C18H14N2O4. The van der Waals surface area contributed by atoms with Crippen LogP contribution < -0.4 is 4.74 Å². The molecule has 120 valence electrons. The summed E-state index contributed by atoms with van der Waals surface area (Å²) in [6.45, 7) is 1.35. The summed E-state index contributed by atoms with van der Waals surface area (Å²) in [6, 6.07) is 13.8. The van der Waals surface area contributed by atoms with Gasteiger partial charge >= 0.3 is 5.97 Å². The second-order valence-corrected chi connectivity index (χ2v) is 4.97. The summed E-state index contributed by atoms with van der Waals surface area (Å²) >= 11 is 0. The molecule has 0 radical (unpaired) electrons. The van der Waals surface area contributed by atoms with Crippen LogP contribution in [0.15, 0.2) is 53.1 Å². The van der Waals surface area contributed by atoms with Gasteiger partial charge in [-0.2, -0.15) is 4.98 Å². The largest absolute Gasteiger partial charge is 0.507 e. The van der Waals surface area contributed by atoms with Crippen molar-refractivity contribution >= 4 is 18.1 Å². The van der Waals surface area contributed by atoms with Crippen LogP contribution in [-0.4, -0.2) is 21.2 Å². The zero-order valence-electron chi connectivity index (χ0n) is 12.8. The second kappa shape index (κ2) is 6.78. The summed E-state index contributed by atoms with van der Waals surface area (Å²) in [5.74, 6) is 0.843. The van der Waals surface area contributed by atoms with E-state index in [1.54, 1.807) is 60.7 Å². The van der Waals surface area contributed by atoms with E-state index in [9.17, 15) is 9.90 Å². The fourth-order valence-electron chi connectivity index (χ4n) is 2.05. The molecule has 2 aromatic carbocycles. The van der Waals surface area contributed by atoms with E-state index in [-0.39, 0.29) is 17.6 Å². The topological polar surface area (TPSA) is 85.5 Å². The molecule has 0 aliphatic rings. The predicted octanol–water partition coefficient (Wildman–Crippen LogP) is 3.54. The minimum absolute atomic E-state index is 0.0812. The molecule has 6 heteroatoms. The zero-order chi connectivity index (χ0) is 16.9. The van der Waals surface area contributed by atoms with E-state index in [1.165, 1.54) is 6.92 Å². The quantitative estimate of drug-likeness (QED) is 0.584. The Morgan fingerprint density at radius 3 is 2.58 bits per heavy atom. The number of carbonyl (C=O) groups excluding carboxylic acids is 1. The molecule has 1 aromatic heterocycles. The maximum atomic E-state index is 10.9. The molecule has 1 heterocycles. The van der Waals surface area contributed by atoms with Gasteiger partial charge in [0.25, 0.3) is 5.89 Å².